The van der Waals surface area contributed by atoms with Crippen molar-refractivity contribution in [2.45, 2.75) is 40.8 Å². The predicted octanol–water partition coefficient (Wildman–Crippen LogP) is -3.17. The van der Waals surface area contributed by atoms with Crippen LogP contribution >= 0.6 is 0 Å². The molecule has 0 unspecified atom stereocenters. The van der Waals surface area contributed by atoms with Crippen LogP contribution in [0.2, 0.25) is 0 Å². The molecule has 7 rings (SSSR count). The molecule has 17 nitrogen and oxygen atoms in total. The van der Waals surface area contributed by atoms with Gasteiger partial charge in [-0.2, -0.15) is 0 Å². The van der Waals surface area contributed by atoms with Crippen molar-refractivity contribution in [3.05, 3.63) is 108 Å². The van der Waals surface area contributed by atoms with Gasteiger partial charge in [-0.3, -0.25) is 9.97 Å². The summed E-state index contributed by atoms with van der Waals surface area (Å²) in [4.78, 5) is 24.6. The Morgan fingerprint density at radius 3 is 1.26 bits per heavy atom. The number of H-pyrrole nitrogens is 2. The number of para-hydroxylation sites is 4. The van der Waals surface area contributed by atoms with Crippen LogP contribution in [0.5, 0.6) is 0 Å². The molecule has 1 radical (unpaired) electrons. The molecule has 5 N–H and O–H groups in total. The van der Waals surface area contributed by atoms with Crippen molar-refractivity contribution < 1.29 is 85.0 Å². The van der Waals surface area contributed by atoms with Crippen LogP contribution in [0.25, 0.3) is 43.9 Å². The van der Waals surface area contributed by atoms with Crippen LogP contribution in [0, 0.1) is 34.3 Å². The summed E-state index contributed by atoms with van der Waals surface area (Å²) in [5.41, 5.74) is 8.72. The number of nitrogens with zero attached hydrogens (tertiary/aromatic N) is 4. The number of aromatic amines is 2. The number of imidazole rings is 2. The van der Waals surface area contributed by atoms with Gasteiger partial charge in [0.2, 0.25) is 0 Å². The molecule has 0 saturated heterocycles. The minimum Gasteiger partial charge on any atom is -0.412 e. The minimum absolute atomic E-state index is 0. The average molecular weight is 840 g/mol. The first-order chi connectivity index (χ1) is 24.6. The first-order valence-electron chi connectivity index (χ1n) is 15.6. The second-order valence-electron chi connectivity index (χ2n) is 10.6. The zero-order valence-corrected chi connectivity index (χ0v) is 31.9. The van der Waals surface area contributed by atoms with Crippen LogP contribution in [0.3, 0.4) is 0 Å². The molecule has 0 fully saturated rings. The smallest absolute Gasteiger partial charge is 0.412 e. The first-order valence-corrected chi connectivity index (χ1v) is 18.0. The molecule has 0 aliphatic heterocycles. The molecular weight excluding hydrogens is 801 g/mol. The molecule has 0 bridgehead atoms. The molecule has 4 aromatic heterocycles. The van der Waals surface area contributed by atoms with Crippen molar-refractivity contribution in [3.8, 4) is 0 Å². The normalized spacial score (nSPS) is 10.7. The molecular formula is C34H39Cl2CuN7O10. The van der Waals surface area contributed by atoms with Crippen LogP contribution in [0.15, 0.2) is 85.2 Å². The first kappa shape index (κ1) is 48.1. The molecule has 20 heteroatoms. The van der Waals surface area contributed by atoms with E-state index in [4.69, 9.17) is 42.0 Å². The number of pyridine rings is 2. The summed E-state index contributed by atoms with van der Waals surface area (Å²) in [7, 11) is -9.89. The van der Waals surface area contributed by atoms with Crippen LogP contribution in [0.1, 0.15) is 36.6 Å². The number of ether oxygens (including phenoxy) is 1. The molecule has 0 saturated carbocycles. The van der Waals surface area contributed by atoms with Crippen LogP contribution in [0.4, 0.5) is 0 Å². The van der Waals surface area contributed by atoms with Crippen molar-refractivity contribution >= 4 is 43.9 Å². The summed E-state index contributed by atoms with van der Waals surface area (Å²) >= 11 is 0. The fraction of sp³-hybridized carbons (Fsp3) is 0.235. The number of halogens is 2. The number of hydrogen-bond donors (Lipinski definition) is 3. The van der Waals surface area contributed by atoms with E-state index in [9.17, 15) is 0 Å². The van der Waals surface area contributed by atoms with Gasteiger partial charge in [0.15, 0.2) is 0 Å². The maximum atomic E-state index is 8.49. The Balaban J connectivity index is 0.000000390. The third-order valence-corrected chi connectivity index (χ3v) is 7.08. The monoisotopic (exact) mass is 838 g/mol. The Bertz CT molecular complexity index is 1920. The standard InChI is InChI=1S/C16H15N5.C14H12N2.C4H10O.2ClHO4.Cu.H2O/c1-2-6-12-11(5-1)18-15(19-12)9-17-10-16-20-13-7-3-4-8-14(13)21-16;1-9-10(2)12-6-4-8-16-14(12)13-11(9)5-3-7-15-13;1-3-5-4-2;2*2-1(3,4)5;;/h1-8,17H,9-10H2,(H,18,19)(H,20,21);3-8H,1-2H3;3-4H2,1-2H3;2*(H,2,3,4,5);;1H2/q;;;;;+2;/p-2. The molecule has 0 amide bonds. The van der Waals surface area contributed by atoms with E-state index in [1.807, 2.05) is 86.9 Å². The second-order valence-corrected chi connectivity index (χ2v) is 12.1. The number of rotatable bonds is 6. The van der Waals surface area contributed by atoms with Crippen LogP contribution < -0.4 is 42.6 Å². The number of aromatic nitrogens is 6. The van der Waals surface area contributed by atoms with Crippen molar-refractivity contribution in [1.29, 1.82) is 0 Å². The van der Waals surface area contributed by atoms with E-state index in [2.05, 4.69) is 61.2 Å². The van der Waals surface area contributed by atoms with Crippen molar-refractivity contribution in [1.82, 2.24) is 35.2 Å². The number of hydrogen-bond acceptors (Lipinski definition) is 14. The van der Waals surface area contributed by atoms with Crippen molar-refractivity contribution in [2.75, 3.05) is 13.2 Å². The number of aryl methyl sites for hydroxylation is 2. The van der Waals surface area contributed by atoms with Crippen molar-refractivity contribution in [3.63, 3.8) is 0 Å². The van der Waals surface area contributed by atoms with Gasteiger partial charge >= 0.3 is 17.1 Å². The van der Waals surface area contributed by atoms with Gasteiger partial charge in [-0.05, 0) is 75.2 Å². The van der Waals surface area contributed by atoms with Crippen LogP contribution in [-0.4, -0.2) is 48.6 Å². The van der Waals surface area contributed by atoms with E-state index in [0.29, 0.717) is 13.1 Å². The van der Waals surface area contributed by atoms with Crippen LogP contribution in [-0.2, 0) is 34.9 Å². The van der Waals surface area contributed by atoms with E-state index >= 15 is 0 Å². The third kappa shape index (κ3) is 16.6. The van der Waals surface area contributed by atoms with Gasteiger partial charge in [0.25, 0.3) is 0 Å². The van der Waals surface area contributed by atoms with Gasteiger partial charge in [-0.1, -0.05) is 36.4 Å². The van der Waals surface area contributed by atoms with Gasteiger partial charge < -0.3 is 25.5 Å². The maximum Gasteiger partial charge on any atom is 2.00 e. The van der Waals surface area contributed by atoms with E-state index in [1.54, 1.807) is 0 Å². The molecule has 54 heavy (non-hydrogen) atoms. The fourth-order valence-corrected chi connectivity index (χ4v) is 4.88. The topological polar surface area (TPSA) is 320 Å². The zero-order valence-electron chi connectivity index (χ0n) is 29.4. The molecule has 0 atom stereocenters. The summed E-state index contributed by atoms with van der Waals surface area (Å²) < 4.78 is 72.8. The molecule has 295 valence electrons. The van der Waals surface area contributed by atoms with E-state index in [0.717, 1.165) is 58.0 Å². The van der Waals surface area contributed by atoms with Gasteiger partial charge in [-0.25, -0.2) is 47.2 Å². The SMILES string of the molecule is CCOCC.Cc1c(C)c2cccnc2c2ncccc12.O.[Cu+2].[O-][Cl+3]([O-])([O-])[O-].[O-][Cl+3]([O-])([O-])[O-].c1ccc2[nH]c(CNCc3nc4ccccc4[nH]3)nc2c1. The maximum absolute atomic E-state index is 8.49. The summed E-state index contributed by atoms with van der Waals surface area (Å²) in [6.45, 7) is 11.3. The van der Waals surface area contributed by atoms with E-state index in [-0.39, 0.29) is 22.5 Å². The van der Waals surface area contributed by atoms with Crippen molar-refractivity contribution in [2.24, 2.45) is 0 Å². The molecule has 0 aliphatic rings. The Morgan fingerprint density at radius 2 is 0.944 bits per heavy atom. The number of nitrogens with one attached hydrogen (secondary N) is 3. The summed E-state index contributed by atoms with van der Waals surface area (Å²) in [5, 5.41) is 5.75. The molecule has 7 aromatic rings. The van der Waals surface area contributed by atoms with E-state index in [1.165, 1.54) is 21.9 Å². The Hall–Kier alpha value is -3.92. The second kappa shape index (κ2) is 23.1. The van der Waals surface area contributed by atoms with Gasteiger partial charge in [0.05, 0.1) is 46.2 Å². The average Bonchev–Trinajstić information content (AvgIpc) is 3.70. The minimum atomic E-state index is -4.94. The zero-order chi connectivity index (χ0) is 38.3. The number of fused-ring (bicyclic) bond motifs is 5. The summed E-state index contributed by atoms with van der Waals surface area (Å²) in [6.07, 6.45) is 3.65. The Kier molecular flexibility index (Phi) is 20.6. The molecule has 3 aromatic carbocycles. The fourth-order valence-electron chi connectivity index (χ4n) is 4.88. The molecule has 0 aliphatic carbocycles. The van der Waals surface area contributed by atoms with Gasteiger partial charge in [0, 0.05) is 36.4 Å². The Morgan fingerprint density at radius 1 is 0.593 bits per heavy atom. The summed E-state index contributed by atoms with van der Waals surface area (Å²) in [5.74, 6) is 1.87. The predicted molar refractivity (Wildman–Crippen MR) is 175 cm³/mol. The molecule has 0 spiro atoms. The largest absolute Gasteiger partial charge is 2.00 e. The van der Waals surface area contributed by atoms with E-state index < -0.39 is 20.5 Å². The third-order valence-electron chi connectivity index (χ3n) is 7.08. The summed E-state index contributed by atoms with van der Waals surface area (Å²) in [6, 6.07) is 24.3. The molecule has 4 heterocycles. The quantitative estimate of drug-likeness (QED) is 0.110. The number of benzene rings is 3. The van der Waals surface area contributed by atoms with Gasteiger partial charge in [-0.15, -0.1) is 20.5 Å². The Labute approximate surface area is 325 Å². The van der Waals surface area contributed by atoms with Gasteiger partial charge in [0.1, 0.15) is 11.6 Å².